The third kappa shape index (κ3) is 2.25. The molecule has 0 unspecified atom stereocenters. The summed E-state index contributed by atoms with van der Waals surface area (Å²) in [4.78, 5) is 12.6. The van der Waals surface area contributed by atoms with Crippen LogP contribution in [0.25, 0.3) is 34.1 Å². The third-order valence-corrected chi connectivity index (χ3v) is 5.03. The van der Waals surface area contributed by atoms with Gasteiger partial charge in [0.1, 0.15) is 11.2 Å². The molecule has 0 spiro atoms. The molecule has 2 aromatic heterocycles. The quantitative estimate of drug-likeness (QED) is 0.557. The van der Waals surface area contributed by atoms with E-state index in [4.69, 9.17) is 8.83 Å². The highest BCUT2D eigenvalue weighted by molar-refractivity contribution is 6.07. The fraction of sp³-hybridized carbons (Fsp3) is 0.227. The maximum atomic E-state index is 12.6. The van der Waals surface area contributed by atoms with Gasteiger partial charge < -0.3 is 8.83 Å². The zero-order valence-electron chi connectivity index (χ0n) is 15.5. The molecule has 0 bridgehead atoms. The number of hydrogen-bond donors (Lipinski definition) is 0. The van der Waals surface area contributed by atoms with Crippen LogP contribution in [0.1, 0.15) is 30.5 Å². The Hall–Kier alpha value is -3.01. The van der Waals surface area contributed by atoms with Crippen LogP contribution >= 0.6 is 0 Å². The summed E-state index contributed by atoms with van der Waals surface area (Å²) in [6.45, 7) is 12.3. The highest BCUT2D eigenvalue weighted by Crippen LogP contribution is 2.34. The van der Waals surface area contributed by atoms with E-state index in [2.05, 4.69) is 18.7 Å². The number of rotatable bonds is 2. The van der Waals surface area contributed by atoms with Gasteiger partial charge in [-0.3, -0.25) is 9.36 Å². The molecule has 0 atom stereocenters. The minimum absolute atomic E-state index is 0.138. The van der Waals surface area contributed by atoms with Gasteiger partial charge in [-0.2, -0.15) is 0 Å². The smallest absolute Gasteiger partial charge is 0.296 e. The molecule has 4 nitrogen and oxygen atoms in total. The molecule has 0 saturated heterocycles. The van der Waals surface area contributed by atoms with Crippen molar-refractivity contribution in [1.29, 1.82) is 0 Å². The van der Waals surface area contributed by atoms with Crippen LogP contribution in [-0.4, -0.2) is 4.57 Å². The molecule has 2 heterocycles. The van der Waals surface area contributed by atoms with E-state index in [9.17, 15) is 4.79 Å². The van der Waals surface area contributed by atoms with E-state index in [1.165, 1.54) is 0 Å². The molecular formula is C22H21NO3. The zero-order valence-corrected chi connectivity index (χ0v) is 15.5. The van der Waals surface area contributed by atoms with E-state index in [1.54, 1.807) is 4.57 Å². The molecular weight excluding hydrogens is 326 g/mol. The second-order valence-electron chi connectivity index (χ2n) is 6.72. The van der Waals surface area contributed by atoms with Gasteiger partial charge in [-0.25, -0.2) is 0 Å². The van der Waals surface area contributed by atoms with Crippen molar-refractivity contribution in [1.82, 2.24) is 4.57 Å². The lowest BCUT2D eigenvalue weighted by molar-refractivity contribution is 0.467. The van der Waals surface area contributed by atoms with Crippen LogP contribution < -0.4 is 16.5 Å². The van der Waals surface area contributed by atoms with Crippen molar-refractivity contribution in [3.05, 3.63) is 68.3 Å². The molecule has 0 aliphatic heterocycles. The van der Waals surface area contributed by atoms with E-state index >= 15 is 0 Å². The topological polar surface area (TPSA) is 48.3 Å². The Labute approximate surface area is 150 Å². The summed E-state index contributed by atoms with van der Waals surface area (Å²) >= 11 is 0. The van der Waals surface area contributed by atoms with Crippen molar-refractivity contribution in [2.75, 3.05) is 0 Å². The summed E-state index contributed by atoms with van der Waals surface area (Å²) in [7, 11) is 0. The predicted octanol–water partition coefficient (Wildman–Crippen LogP) is 3.61. The van der Waals surface area contributed by atoms with Gasteiger partial charge in [-0.15, -0.1) is 0 Å². The van der Waals surface area contributed by atoms with Gasteiger partial charge in [0, 0.05) is 22.9 Å². The van der Waals surface area contributed by atoms with Gasteiger partial charge in [0.15, 0.2) is 11.0 Å². The minimum Gasteiger partial charge on any atom is -0.456 e. The highest BCUT2D eigenvalue weighted by atomic mass is 16.4. The Morgan fingerprint density at radius 2 is 1.81 bits per heavy atom. The number of furan rings is 1. The summed E-state index contributed by atoms with van der Waals surface area (Å²) in [6, 6.07) is 10.3. The van der Waals surface area contributed by atoms with Gasteiger partial charge in [0.25, 0.3) is 5.56 Å². The Balaban J connectivity index is 2.09. The molecule has 2 aromatic carbocycles. The van der Waals surface area contributed by atoms with Crippen LogP contribution in [0.15, 0.2) is 44.0 Å². The standard InChI is InChI=1S/C22H21NO3/c1-6-23-15(5)25-21(22(23)24)14(4)16-10-13(3)20-18(11-16)17-9-7-8-12(2)19(17)26-20/h7-11H,5-6H2,1-4H3/b21-14+. The lowest BCUT2D eigenvalue weighted by atomic mass is 10.0. The van der Waals surface area contributed by atoms with Crippen molar-refractivity contribution in [2.24, 2.45) is 0 Å². The number of fused-ring (bicyclic) bond motifs is 3. The SMILES string of the molecule is C=c1o/c(=C(\C)c2cc(C)c3oc4c(C)cccc4c3c2)c(=O)n1CC. The Bertz CT molecular complexity index is 1330. The highest BCUT2D eigenvalue weighted by Gasteiger charge is 2.14. The van der Waals surface area contributed by atoms with E-state index in [0.717, 1.165) is 44.2 Å². The second-order valence-corrected chi connectivity index (χ2v) is 6.72. The molecule has 0 saturated carbocycles. The van der Waals surface area contributed by atoms with E-state index in [-0.39, 0.29) is 5.56 Å². The van der Waals surface area contributed by atoms with Crippen LogP contribution in [0.4, 0.5) is 0 Å². The molecule has 4 rings (SSSR count). The number of nitrogens with zero attached hydrogens (tertiary/aromatic N) is 1. The first kappa shape index (κ1) is 16.5. The Kier molecular flexibility index (Phi) is 3.65. The van der Waals surface area contributed by atoms with Crippen molar-refractivity contribution in [3.63, 3.8) is 0 Å². The van der Waals surface area contributed by atoms with Crippen molar-refractivity contribution in [3.8, 4) is 0 Å². The fourth-order valence-electron chi connectivity index (χ4n) is 3.57. The zero-order chi connectivity index (χ0) is 18.6. The number of aryl methyl sites for hydroxylation is 2. The number of hydrogen-bond acceptors (Lipinski definition) is 3. The number of oxazole rings is 1. The lowest BCUT2D eigenvalue weighted by Gasteiger charge is -2.03. The summed E-state index contributed by atoms with van der Waals surface area (Å²) in [6.07, 6.45) is 0. The monoisotopic (exact) mass is 347 g/mol. The van der Waals surface area contributed by atoms with Crippen LogP contribution in [0, 0.1) is 13.8 Å². The Morgan fingerprint density at radius 1 is 1.08 bits per heavy atom. The normalized spacial score (nSPS) is 12.9. The molecule has 0 radical (unpaired) electrons. The van der Waals surface area contributed by atoms with Gasteiger partial charge >= 0.3 is 0 Å². The van der Waals surface area contributed by atoms with Gasteiger partial charge in [-0.1, -0.05) is 18.2 Å². The average Bonchev–Trinajstić information content (AvgIpc) is 3.13. The maximum absolute atomic E-state index is 12.6. The predicted molar refractivity (Wildman–Crippen MR) is 105 cm³/mol. The number of para-hydroxylation sites is 1. The first-order valence-corrected chi connectivity index (χ1v) is 8.74. The Morgan fingerprint density at radius 3 is 2.50 bits per heavy atom. The average molecular weight is 347 g/mol. The van der Waals surface area contributed by atoms with Gasteiger partial charge in [0.05, 0.1) is 0 Å². The largest absolute Gasteiger partial charge is 0.456 e. The van der Waals surface area contributed by atoms with Crippen LogP contribution in [0.2, 0.25) is 0 Å². The van der Waals surface area contributed by atoms with Crippen LogP contribution in [-0.2, 0) is 6.54 Å². The van der Waals surface area contributed by atoms with Crippen molar-refractivity contribution in [2.45, 2.75) is 34.2 Å². The molecule has 0 aliphatic rings. The van der Waals surface area contributed by atoms with E-state index < -0.39 is 0 Å². The maximum Gasteiger partial charge on any atom is 0.296 e. The molecule has 0 aliphatic carbocycles. The third-order valence-electron chi connectivity index (χ3n) is 5.03. The van der Waals surface area contributed by atoms with Gasteiger partial charge in [0.2, 0.25) is 0 Å². The molecule has 0 amide bonds. The molecule has 4 aromatic rings. The fourth-order valence-corrected chi connectivity index (χ4v) is 3.57. The first-order valence-electron chi connectivity index (χ1n) is 8.74. The summed E-state index contributed by atoms with van der Waals surface area (Å²) in [5.74, 6) is 0. The minimum atomic E-state index is -0.138. The lowest BCUT2D eigenvalue weighted by Crippen LogP contribution is -2.31. The molecule has 0 fully saturated rings. The molecule has 4 heteroatoms. The van der Waals surface area contributed by atoms with Gasteiger partial charge in [-0.05, 0) is 63.1 Å². The van der Waals surface area contributed by atoms with Crippen LogP contribution in [0.3, 0.4) is 0 Å². The molecule has 26 heavy (non-hydrogen) atoms. The molecule has 0 N–H and O–H groups in total. The van der Waals surface area contributed by atoms with E-state index in [1.807, 2.05) is 45.9 Å². The second kappa shape index (κ2) is 5.77. The number of benzene rings is 2. The molecule has 132 valence electrons. The summed E-state index contributed by atoms with van der Waals surface area (Å²) in [5, 5.41) is 2.14. The van der Waals surface area contributed by atoms with Crippen molar-refractivity contribution < 1.29 is 8.83 Å². The first-order chi connectivity index (χ1) is 12.4. The van der Waals surface area contributed by atoms with Crippen molar-refractivity contribution >= 4 is 34.1 Å². The van der Waals surface area contributed by atoms with Crippen LogP contribution in [0.5, 0.6) is 0 Å². The number of aromatic nitrogens is 1. The summed E-state index contributed by atoms with van der Waals surface area (Å²) in [5.41, 5.74) is 6.28. The van der Waals surface area contributed by atoms with E-state index in [0.29, 0.717) is 17.5 Å². The summed E-state index contributed by atoms with van der Waals surface area (Å²) < 4.78 is 13.3.